The quantitative estimate of drug-likeness (QED) is 0.509. The Kier molecular flexibility index (Phi) is 6.70. The van der Waals surface area contributed by atoms with E-state index >= 15 is 0 Å². The molecule has 182 valence electrons. The van der Waals surface area contributed by atoms with Crippen molar-refractivity contribution in [2.24, 2.45) is 23.2 Å². The number of fused-ring (bicyclic) bond motifs is 5. The van der Waals surface area contributed by atoms with E-state index in [-0.39, 0.29) is 24.1 Å². The maximum atomic E-state index is 11.9. The number of aliphatic hydroxyl groups is 1. The van der Waals surface area contributed by atoms with Gasteiger partial charge in [0.2, 0.25) is 0 Å². The van der Waals surface area contributed by atoms with Gasteiger partial charge in [-0.15, -0.1) is 0 Å². The number of aryl methyl sites for hydroxylation is 1. The largest absolute Gasteiger partial charge is 0.489 e. The Hall–Kier alpha value is -2.33. The monoisotopic (exact) mass is 462 g/mol. The van der Waals surface area contributed by atoms with Crippen molar-refractivity contribution >= 4 is 5.97 Å². The lowest BCUT2D eigenvalue weighted by atomic mass is 9.53. The molecule has 34 heavy (non-hydrogen) atoms. The molecule has 6 unspecified atom stereocenters. The highest BCUT2D eigenvalue weighted by Gasteiger charge is 2.59. The van der Waals surface area contributed by atoms with Crippen LogP contribution in [0.15, 0.2) is 48.5 Å². The van der Waals surface area contributed by atoms with Crippen LogP contribution in [0.5, 0.6) is 5.75 Å². The molecular formula is C30H38O4. The van der Waals surface area contributed by atoms with Crippen LogP contribution in [0.1, 0.15) is 75.0 Å². The van der Waals surface area contributed by atoms with E-state index in [0.717, 1.165) is 44.3 Å². The predicted octanol–water partition coefficient (Wildman–Crippen LogP) is 6.05. The Bertz CT molecular complexity index is 1000. The number of benzene rings is 2. The van der Waals surface area contributed by atoms with Gasteiger partial charge in [0.15, 0.2) is 0 Å². The van der Waals surface area contributed by atoms with Crippen molar-refractivity contribution in [3.63, 3.8) is 0 Å². The molecule has 0 heterocycles. The highest BCUT2D eigenvalue weighted by Crippen LogP contribution is 2.64. The fourth-order valence-electron chi connectivity index (χ4n) is 7.66. The van der Waals surface area contributed by atoms with Gasteiger partial charge < -0.3 is 14.6 Å². The van der Waals surface area contributed by atoms with Gasteiger partial charge in [-0.3, -0.25) is 4.79 Å². The predicted molar refractivity (Wildman–Crippen MR) is 133 cm³/mol. The Morgan fingerprint density at radius 1 is 1.15 bits per heavy atom. The third-order valence-corrected chi connectivity index (χ3v) is 9.04. The van der Waals surface area contributed by atoms with E-state index < -0.39 is 0 Å². The Morgan fingerprint density at radius 2 is 1.97 bits per heavy atom. The molecule has 5 rings (SSSR count). The molecule has 0 amide bonds. The van der Waals surface area contributed by atoms with E-state index in [1.165, 1.54) is 23.1 Å². The lowest BCUT2D eigenvalue weighted by molar-refractivity contribution is -0.154. The number of carbonyl (C=O) groups excluding carboxylic acids is 1. The van der Waals surface area contributed by atoms with Crippen molar-refractivity contribution < 1.29 is 19.4 Å². The molecule has 3 aliphatic rings. The van der Waals surface area contributed by atoms with Crippen LogP contribution >= 0.6 is 0 Å². The highest BCUT2D eigenvalue weighted by molar-refractivity contribution is 5.66. The molecule has 0 saturated heterocycles. The number of hydrogen-bond donors (Lipinski definition) is 1. The maximum absolute atomic E-state index is 11.9. The first-order valence-electron chi connectivity index (χ1n) is 13.1. The summed E-state index contributed by atoms with van der Waals surface area (Å²) in [5.41, 5.74) is 4.17. The minimum Gasteiger partial charge on any atom is -0.489 e. The molecule has 2 fully saturated rings. The molecule has 0 spiro atoms. The minimum atomic E-state index is -0.160. The zero-order valence-electron chi connectivity index (χ0n) is 20.5. The standard InChI is InChI=1S/C30H38O4/c1-20(32)34-28-18-23(9-6-16-31)29-27-12-10-22-17-24(33-19-21-7-4-3-5-8-21)11-13-25(22)26(27)14-15-30(28,29)2/h3-5,7-8,11,13,17,23,26-29,31H,6,9-10,12,14-16,18-19H2,1-2H3. The van der Waals surface area contributed by atoms with E-state index in [4.69, 9.17) is 9.47 Å². The summed E-state index contributed by atoms with van der Waals surface area (Å²) < 4.78 is 12.0. The number of ether oxygens (including phenoxy) is 2. The second-order valence-electron chi connectivity index (χ2n) is 11.0. The van der Waals surface area contributed by atoms with Crippen LogP contribution in [0.25, 0.3) is 0 Å². The fraction of sp³-hybridized carbons (Fsp3) is 0.567. The van der Waals surface area contributed by atoms with Crippen molar-refractivity contribution in [1.82, 2.24) is 0 Å². The highest BCUT2D eigenvalue weighted by atomic mass is 16.5. The van der Waals surface area contributed by atoms with Gasteiger partial charge in [-0.1, -0.05) is 43.3 Å². The smallest absolute Gasteiger partial charge is 0.302 e. The number of hydrogen-bond acceptors (Lipinski definition) is 4. The summed E-state index contributed by atoms with van der Waals surface area (Å²) in [5, 5.41) is 9.51. The molecule has 6 atom stereocenters. The third-order valence-electron chi connectivity index (χ3n) is 9.04. The van der Waals surface area contributed by atoms with Crippen LogP contribution < -0.4 is 4.74 Å². The molecule has 2 aromatic carbocycles. The summed E-state index contributed by atoms with van der Waals surface area (Å²) in [5.74, 6) is 3.04. The molecule has 4 nitrogen and oxygen atoms in total. The van der Waals surface area contributed by atoms with Crippen LogP contribution in [-0.2, 0) is 22.6 Å². The molecule has 0 aromatic heterocycles. The van der Waals surface area contributed by atoms with E-state index in [1.807, 2.05) is 18.2 Å². The van der Waals surface area contributed by atoms with Crippen molar-refractivity contribution in [3.05, 3.63) is 65.2 Å². The van der Waals surface area contributed by atoms with E-state index in [1.54, 1.807) is 6.92 Å². The summed E-state index contributed by atoms with van der Waals surface area (Å²) in [4.78, 5) is 11.9. The lowest BCUT2D eigenvalue weighted by Gasteiger charge is -2.51. The fourth-order valence-corrected chi connectivity index (χ4v) is 7.66. The van der Waals surface area contributed by atoms with Crippen LogP contribution in [0.2, 0.25) is 0 Å². The van der Waals surface area contributed by atoms with Crippen molar-refractivity contribution in [2.45, 2.75) is 77.4 Å². The Labute approximate surface area is 203 Å². The van der Waals surface area contributed by atoms with E-state index in [9.17, 15) is 9.90 Å². The van der Waals surface area contributed by atoms with Gasteiger partial charge >= 0.3 is 5.97 Å². The minimum absolute atomic E-state index is 0.00908. The summed E-state index contributed by atoms with van der Waals surface area (Å²) in [6, 6.07) is 17.0. The molecule has 1 N–H and O–H groups in total. The van der Waals surface area contributed by atoms with Crippen molar-refractivity contribution in [3.8, 4) is 5.75 Å². The second kappa shape index (κ2) is 9.73. The van der Waals surface area contributed by atoms with Gasteiger partial charge in [-0.2, -0.15) is 0 Å². The molecule has 2 saturated carbocycles. The molecule has 0 radical (unpaired) electrons. The average Bonchev–Trinajstić information content (AvgIpc) is 3.12. The third kappa shape index (κ3) is 4.37. The van der Waals surface area contributed by atoms with Gasteiger partial charge in [0.05, 0.1) is 0 Å². The van der Waals surface area contributed by atoms with Crippen molar-refractivity contribution in [1.29, 1.82) is 0 Å². The van der Waals surface area contributed by atoms with Crippen molar-refractivity contribution in [2.75, 3.05) is 6.61 Å². The average molecular weight is 463 g/mol. The summed E-state index contributed by atoms with van der Waals surface area (Å²) in [6.45, 7) is 4.74. The van der Waals surface area contributed by atoms with Gasteiger partial charge in [-0.05, 0) is 97.4 Å². The van der Waals surface area contributed by atoms with Gasteiger partial charge in [-0.25, -0.2) is 0 Å². The van der Waals surface area contributed by atoms with Gasteiger partial charge in [0.1, 0.15) is 18.5 Å². The SMILES string of the molecule is CC(=O)OC1CC(CCCO)C2C3CCc4cc(OCc5ccccc5)ccc4C3CCC12C. The molecule has 4 heteroatoms. The molecule has 0 bridgehead atoms. The zero-order chi connectivity index (χ0) is 23.7. The number of rotatable bonds is 7. The van der Waals surface area contributed by atoms with Crippen LogP contribution in [-0.4, -0.2) is 23.8 Å². The van der Waals surface area contributed by atoms with Crippen LogP contribution in [0.3, 0.4) is 0 Å². The topological polar surface area (TPSA) is 55.8 Å². The summed E-state index contributed by atoms with van der Waals surface area (Å²) >= 11 is 0. The Morgan fingerprint density at radius 3 is 2.74 bits per heavy atom. The first-order chi connectivity index (χ1) is 16.5. The van der Waals surface area contributed by atoms with Gasteiger partial charge in [0.25, 0.3) is 0 Å². The number of carbonyl (C=O) groups is 1. The molecule has 3 aliphatic carbocycles. The van der Waals surface area contributed by atoms with E-state index in [2.05, 4.69) is 37.3 Å². The lowest BCUT2D eigenvalue weighted by Crippen LogP contribution is -2.46. The number of aliphatic hydroxyl groups excluding tert-OH is 1. The van der Waals surface area contributed by atoms with Crippen LogP contribution in [0, 0.1) is 23.2 Å². The Balaban J connectivity index is 1.36. The molecule has 0 aliphatic heterocycles. The first-order valence-corrected chi connectivity index (χ1v) is 13.1. The number of esters is 1. The molecule has 2 aromatic rings. The van der Waals surface area contributed by atoms with E-state index in [0.29, 0.717) is 30.3 Å². The first kappa shape index (κ1) is 23.4. The van der Waals surface area contributed by atoms with Gasteiger partial charge in [0, 0.05) is 18.9 Å². The normalized spacial score (nSPS) is 31.8. The molecular weight excluding hydrogens is 424 g/mol. The van der Waals surface area contributed by atoms with Crippen LogP contribution in [0.4, 0.5) is 0 Å². The summed E-state index contributed by atoms with van der Waals surface area (Å²) in [6.07, 6.45) is 7.33. The summed E-state index contributed by atoms with van der Waals surface area (Å²) in [7, 11) is 0. The maximum Gasteiger partial charge on any atom is 0.302 e. The second-order valence-corrected chi connectivity index (χ2v) is 11.0. The zero-order valence-corrected chi connectivity index (χ0v) is 20.5.